The second-order valence-corrected chi connectivity index (χ2v) is 2.61. The minimum atomic E-state index is -0.661. The highest BCUT2D eigenvalue weighted by Gasteiger charge is 2.14. The van der Waals surface area contributed by atoms with Crippen molar-refractivity contribution in [2.24, 2.45) is 11.2 Å². The summed E-state index contributed by atoms with van der Waals surface area (Å²) in [5.41, 5.74) is 0. The summed E-state index contributed by atoms with van der Waals surface area (Å²) in [7, 11) is 1.28. The highest BCUT2D eigenvalue weighted by Crippen LogP contribution is 2.00. The van der Waals surface area contributed by atoms with Crippen LogP contribution < -0.4 is 0 Å². The first kappa shape index (κ1) is 10.2. The van der Waals surface area contributed by atoms with Crippen LogP contribution in [-0.4, -0.2) is 29.7 Å². The van der Waals surface area contributed by atoms with Crippen LogP contribution in [0.2, 0.25) is 0 Å². The zero-order valence-corrected chi connectivity index (χ0v) is 7.02. The van der Waals surface area contributed by atoms with Crippen LogP contribution in [0.4, 0.5) is 0 Å². The van der Waals surface area contributed by atoms with Crippen LogP contribution in [0.3, 0.4) is 0 Å². The smallest absolute Gasteiger partial charge is 0.210 e. The van der Waals surface area contributed by atoms with Crippen LogP contribution in [0.1, 0.15) is 13.8 Å². The fraction of sp³-hybridized carbons (Fsp3) is 1.00. The Hall–Kier alpha value is -0.840. The molecule has 0 spiro atoms. The van der Waals surface area contributed by atoms with Crippen LogP contribution >= 0.6 is 0 Å². The Morgan fingerprint density at radius 2 is 2.18 bits per heavy atom. The average Bonchev–Trinajstić information content (AvgIpc) is 1.87. The maximum Gasteiger partial charge on any atom is 0.210 e. The molecule has 11 heavy (non-hydrogen) atoms. The van der Waals surface area contributed by atoms with E-state index in [1.165, 1.54) is 7.11 Å². The van der Waals surface area contributed by atoms with E-state index in [1.807, 2.05) is 13.8 Å². The first-order chi connectivity index (χ1) is 5.07. The standard InChI is InChI=1S/C6H14N2O3/c1-5(2)6(9)4-8(10)7-11-3/h5-6,9H,4H2,1-3H3/b8-7-. The van der Waals surface area contributed by atoms with E-state index in [1.54, 1.807) is 0 Å². The Morgan fingerprint density at radius 1 is 1.64 bits per heavy atom. The van der Waals surface area contributed by atoms with E-state index in [4.69, 9.17) is 5.11 Å². The lowest BCUT2D eigenvalue weighted by Gasteiger charge is -2.10. The van der Waals surface area contributed by atoms with Gasteiger partial charge in [0.25, 0.3) is 0 Å². The molecule has 5 nitrogen and oxygen atoms in total. The van der Waals surface area contributed by atoms with Gasteiger partial charge in [-0.1, -0.05) is 18.7 Å². The molecule has 0 saturated heterocycles. The Kier molecular flexibility index (Phi) is 4.52. The molecule has 0 aromatic rings. The van der Waals surface area contributed by atoms with E-state index in [2.05, 4.69) is 10.1 Å². The molecule has 0 fully saturated rings. The minimum absolute atomic E-state index is 0.0501. The van der Waals surface area contributed by atoms with Gasteiger partial charge in [-0.25, -0.2) is 0 Å². The molecule has 0 aliphatic heterocycles. The number of aliphatic hydroxyl groups is 1. The molecule has 0 radical (unpaired) electrons. The fourth-order valence-corrected chi connectivity index (χ4v) is 0.495. The third kappa shape index (κ3) is 4.55. The predicted molar refractivity (Wildman–Crippen MR) is 38.8 cm³/mol. The fourth-order valence-electron chi connectivity index (χ4n) is 0.495. The zero-order valence-electron chi connectivity index (χ0n) is 7.02. The number of hydroxylamine groups is 1. The van der Waals surface area contributed by atoms with Crippen molar-refractivity contribution in [1.82, 2.24) is 0 Å². The van der Waals surface area contributed by atoms with Crippen molar-refractivity contribution >= 4 is 0 Å². The number of nitrogens with zero attached hydrogens (tertiary/aromatic N) is 2. The van der Waals surface area contributed by atoms with Crippen molar-refractivity contribution < 1.29 is 14.8 Å². The summed E-state index contributed by atoms with van der Waals surface area (Å²) in [6.45, 7) is 3.60. The maximum absolute atomic E-state index is 10.6. The van der Waals surface area contributed by atoms with E-state index >= 15 is 0 Å². The van der Waals surface area contributed by atoms with Gasteiger partial charge in [-0.05, 0) is 5.92 Å². The number of aliphatic hydroxyl groups excluding tert-OH is 1. The highest BCUT2D eigenvalue weighted by molar-refractivity contribution is 4.55. The molecule has 1 atom stereocenters. The van der Waals surface area contributed by atoms with Crippen molar-refractivity contribution in [2.75, 3.05) is 13.7 Å². The highest BCUT2D eigenvalue weighted by atomic mass is 16.7. The summed E-state index contributed by atoms with van der Waals surface area (Å²) in [5, 5.41) is 22.9. The van der Waals surface area contributed by atoms with Crippen LogP contribution in [0, 0.1) is 11.1 Å². The number of rotatable bonds is 4. The van der Waals surface area contributed by atoms with Gasteiger partial charge in [0, 0.05) is 0 Å². The third-order valence-electron chi connectivity index (χ3n) is 1.29. The minimum Gasteiger partial charge on any atom is -0.597 e. The van der Waals surface area contributed by atoms with Gasteiger partial charge in [-0.15, -0.1) is 0 Å². The summed E-state index contributed by atoms with van der Waals surface area (Å²) in [4.78, 5) is 4.54. The molecule has 0 amide bonds. The van der Waals surface area contributed by atoms with Gasteiger partial charge in [0.2, 0.25) is 6.54 Å². The quantitative estimate of drug-likeness (QED) is 0.372. The number of hydrogen-bond acceptors (Lipinski definition) is 4. The molecule has 66 valence electrons. The Labute approximate surface area is 65.8 Å². The van der Waals surface area contributed by atoms with E-state index in [0.717, 1.165) is 0 Å². The molecule has 0 saturated carbocycles. The SMILES string of the molecule is CO/N=[N+](\[O-])CC(O)C(C)C. The van der Waals surface area contributed by atoms with Crippen molar-refractivity contribution in [2.45, 2.75) is 20.0 Å². The first-order valence-corrected chi connectivity index (χ1v) is 3.44. The second kappa shape index (κ2) is 4.90. The van der Waals surface area contributed by atoms with Gasteiger partial charge >= 0.3 is 0 Å². The van der Waals surface area contributed by atoms with Crippen molar-refractivity contribution in [3.05, 3.63) is 5.21 Å². The summed E-state index contributed by atoms with van der Waals surface area (Å²) in [6.07, 6.45) is -0.661. The van der Waals surface area contributed by atoms with E-state index < -0.39 is 6.10 Å². The Bertz CT molecular complexity index is 136. The van der Waals surface area contributed by atoms with Crippen LogP contribution in [0.25, 0.3) is 0 Å². The van der Waals surface area contributed by atoms with Gasteiger partial charge in [0.05, 0.1) is 0 Å². The van der Waals surface area contributed by atoms with Crippen LogP contribution in [0.5, 0.6) is 0 Å². The zero-order chi connectivity index (χ0) is 8.85. The lowest BCUT2D eigenvalue weighted by molar-refractivity contribution is -0.565. The Balaban J connectivity index is 3.75. The van der Waals surface area contributed by atoms with Crippen LogP contribution in [-0.2, 0) is 4.84 Å². The van der Waals surface area contributed by atoms with Crippen LogP contribution in [0.15, 0.2) is 5.28 Å². The maximum atomic E-state index is 10.6. The summed E-state index contributed by atoms with van der Waals surface area (Å²) in [6, 6.07) is 0. The molecule has 0 aliphatic carbocycles. The molecule has 0 rings (SSSR count). The molecule has 0 aromatic heterocycles. The van der Waals surface area contributed by atoms with E-state index in [0.29, 0.717) is 4.86 Å². The molecule has 0 aromatic carbocycles. The molecule has 0 heterocycles. The lowest BCUT2D eigenvalue weighted by atomic mass is 10.1. The third-order valence-corrected chi connectivity index (χ3v) is 1.29. The number of hydrogen-bond donors (Lipinski definition) is 1. The predicted octanol–water partition coefficient (Wildman–Crippen LogP) is 0.527. The molecular formula is C6H14N2O3. The normalized spacial score (nSPS) is 15.2. The summed E-state index contributed by atoms with van der Waals surface area (Å²) < 4.78 is 0. The molecule has 1 unspecified atom stereocenters. The Morgan fingerprint density at radius 3 is 2.55 bits per heavy atom. The largest absolute Gasteiger partial charge is 0.597 e. The van der Waals surface area contributed by atoms with E-state index in [9.17, 15) is 5.21 Å². The molecule has 1 N–H and O–H groups in total. The van der Waals surface area contributed by atoms with Gasteiger partial charge in [0.15, 0.2) is 5.28 Å². The van der Waals surface area contributed by atoms with E-state index in [-0.39, 0.29) is 12.5 Å². The summed E-state index contributed by atoms with van der Waals surface area (Å²) in [5.74, 6) is 0.0542. The topological polar surface area (TPSA) is 67.9 Å². The molecule has 5 heteroatoms. The second-order valence-electron chi connectivity index (χ2n) is 2.61. The monoisotopic (exact) mass is 162 g/mol. The molecule has 0 aliphatic rings. The van der Waals surface area contributed by atoms with Crippen molar-refractivity contribution in [1.29, 1.82) is 0 Å². The lowest BCUT2D eigenvalue weighted by Crippen LogP contribution is -2.25. The molecule has 0 bridgehead atoms. The van der Waals surface area contributed by atoms with Crippen molar-refractivity contribution in [3.63, 3.8) is 0 Å². The summed E-state index contributed by atoms with van der Waals surface area (Å²) >= 11 is 0. The van der Waals surface area contributed by atoms with Gasteiger partial charge < -0.3 is 15.2 Å². The van der Waals surface area contributed by atoms with Gasteiger partial charge in [-0.2, -0.15) is 0 Å². The van der Waals surface area contributed by atoms with Gasteiger partial charge in [0.1, 0.15) is 13.2 Å². The average molecular weight is 162 g/mol. The first-order valence-electron chi connectivity index (χ1n) is 3.44. The molecular weight excluding hydrogens is 148 g/mol. The van der Waals surface area contributed by atoms with Gasteiger partial charge in [-0.3, -0.25) is 0 Å². The van der Waals surface area contributed by atoms with Crippen molar-refractivity contribution in [3.8, 4) is 0 Å².